The van der Waals surface area contributed by atoms with E-state index in [4.69, 9.17) is 17.3 Å². The average Bonchev–Trinajstić information content (AvgIpc) is 2.70. The van der Waals surface area contributed by atoms with Crippen LogP contribution in [0.25, 0.3) is 0 Å². The second kappa shape index (κ2) is 5.10. The van der Waals surface area contributed by atoms with Gasteiger partial charge in [-0.05, 0) is 25.1 Å². The predicted molar refractivity (Wildman–Crippen MR) is 71.5 cm³/mol. The maximum absolute atomic E-state index is 11.8. The molecule has 0 saturated heterocycles. The van der Waals surface area contributed by atoms with Crippen molar-refractivity contribution in [2.45, 2.75) is 13.5 Å². The van der Waals surface area contributed by atoms with Crippen LogP contribution in [0, 0.1) is 6.92 Å². The molecule has 0 fully saturated rings. The second-order valence-electron chi connectivity index (χ2n) is 3.89. The molecule has 0 bridgehead atoms. The number of amides is 1. The van der Waals surface area contributed by atoms with E-state index in [1.165, 1.54) is 0 Å². The third-order valence-electron chi connectivity index (χ3n) is 2.50. The van der Waals surface area contributed by atoms with E-state index in [1.807, 2.05) is 6.92 Å². The first-order valence-corrected chi connectivity index (χ1v) is 5.76. The summed E-state index contributed by atoms with van der Waals surface area (Å²) in [6.07, 6.45) is 3.39. The highest BCUT2D eigenvalue weighted by molar-refractivity contribution is 6.33. The maximum atomic E-state index is 11.8. The molecule has 0 aliphatic heterocycles. The highest BCUT2D eigenvalue weighted by atomic mass is 35.5. The second-order valence-corrected chi connectivity index (χ2v) is 4.30. The standard InChI is InChI=1S/C12H13ClN4O/c1-8-15-4-5-17(8)7-12(18)16-11-6-9(14)2-3-10(11)13/h2-6H,7,14H2,1H3,(H,16,18). The Bertz CT molecular complexity index is 579. The van der Waals surface area contributed by atoms with Gasteiger partial charge in [-0.1, -0.05) is 11.6 Å². The smallest absolute Gasteiger partial charge is 0.244 e. The lowest BCUT2D eigenvalue weighted by Gasteiger charge is -2.09. The molecule has 2 aromatic rings. The van der Waals surface area contributed by atoms with Crippen molar-refractivity contribution in [2.75, 3.05) is 11.1 Å². The Labute approximate surface area is 110 Å². The minimum Gasteiger partial charge on any atom is -0.399 e. The molecule has 6 heteroatoms. The fourth-order valence-electron chi connectivity index (χ4n) is 1.55. The van der Waals surface area contributed by atoms with E-state index in [-0.39, 0.29) is 12.5 Å². The molecule has 0 aliphatic rings. The molecule has 3 N–H and O–H groups in total. The van der Waals surface area contributed by atoms with Crippen molar-refractivity contribution in [2.24, 2.45) is 0 Å². The first-order valence-electron chi connectivity index (χ1n) is 5.39. The molecule has 0 saturated carbocycles. The minimum atomic E-state index is -0.177. The van der Waals surface area contributed by atoms with Crippen molar-refractivity contribution in [1.29, 1.82) is 0 Å². The molecule has 0 aliphatic carbocycles. The number of hydrogen-bond donors (Lipinski definition) is 2. The average molecular weight is 265 g/mol. The zero-order valence-electron chi connectivity index (χ0n) is 9.85. The molecule has 0 radical (unpaired) electrons. The van der Waals surface area contributed by atoms with Gasteiger partial charge in [0.25, 0.3) is 0 Å². The topological polar surface area (TPSA) is 72.9 Å². The van der Waals surface area contributed by atoms with Crippen molar-refractivity contribution in [1.82, 2.24) is 9.55 Å². The summed E-state index contributed by atoms with van der Waals surface area (Å²) in [5.41, 5.74) is 6.70. The number of hydrogen-bond acceptors (Lipinski definition) is 3. The number of nitrogens with one attached hydrogen (secondary N) is 1. The largest absolute Gasteiger partial charge is 0.399 e. The number of imidazole rings is 1. The van der Waals surface area contributed by atoms with Crippen LogP contribution in [0.5, 0.6) is 0 Å². The van der Waals surface area contributed by atoms with Gasteiger partial charge in [-0.3, -0.25) is 4.79 Å². The van der Waals surface area contributed by atoms with E-state index in [9.17, 15) is 4.79 Å². The maximum Gasteiger partial charge on any atom is 0.244 e. The fourth-order valence-corrected chi connectivity index (χ4v) is 1.72. The van der Waals surface area contributed by atoms with Gasteiger partial charge in [0.2, 0.25) is 5.91 Å². The molecule has 1 aromatic heterocycles. The summed E-state index contributed by atoms with van der Waals surface area (Å²) in [5.74, 6) is 0.604. The van der Waals surface area contributed by atoms with Crippen LogP contribution in [0.15, 0.2) is 30.6 Å². The predicted octanol–water partition coefficient (Wildman–Crippen LogP) is 2.07. The van der Waals surface area contributed by atoms with Gasteiger partial charge in [-0.2, -0.15) is 0 Å². The number of halogens is 1. The molecule has 1 aromatic carbocycles. The lowest BCUT2D eigenvalue weighted by atomic mass is 10.3. The fraction of sp³-hybridized carbons (Fsp3) is 0.167. The monoisotopic (exact) mass is 264 g/mol. The summed E-state index contributed by atoms with van der Waals surface area (Å²) in [4.78, 5) is 15.9. The molecule has 1 amide bonds. The number of carbonyl (C=O) groups is 1. The van der Waals surface area contributed by atoms with Crippen molar-refractivity contribution in [3.63, 3.8) is 0 Å². The van der Waals surface area contributed by atoms with E-state index >= 15 is 0 Å². The van der Waals surface area contributed by atoms with Crippen LogP contribution in [-0.4, -0.2) is 15.5 Å². The Kier molecular flexibility index (Phi) is 3.53. The van der Waals surface area contributed by atoms with Crippen molar-refractivity contribution >= 4 is 28.9 Å². The minimum absolute atomic E-state index is 0.177. The molecule has 2 rings (SSSR count). The number of rotatable bonds is 3. The van der Waals surface area contributed by atoms with Crippen LogP contribution in [0.3, 0.4) is 0 Å². The van der Waals surface area contributed by atoms with Gasteiger partial charge >= 0.3 is 0 Å². The van der Waals surface area contributed by atoms with E-state index in [2.05, 4.69) is 10.3 Å². The summed E-state index contributed by atoms with van der Waals surface area (Å²) < 4.78 is 1.75. The zero-order chi connectivity index (χ0) is 13.1. The van der Waals surface area contributed by atoms with Crippen LogP contribution in [0.2, 0.25) is 5.02 Å². The molecule has 18 heavy (non-hydrogen) atoms. The van der Waals surface area contributed by atoms with Crippen molar-refractivity contribution in [3.05, 3.63) is 41.4 Å². The van der Waals surface area contributed by atoms with E-state index < -0.39 is 0 Å². The summed E-state index contributed by atoms with van der Waals surface area (Å²) in [5, 5.41) is 3.18. The number of anilines is 2. The van der Waals surface area contributed by atoms with Crippen LogP contribution in [-0.2, 0) is 11.3 Å². The molecular formula is C12H13ClN4O. The number of aromatic nitrogens is 2. The van der Waals surface area contributed by atoms with Crippen LogP contribution in [0.4, 0.5) is 11.4 Å². The Morgan fingerprint density at radius 1 is 1.56 bits per heavy atom. The number of nitrogens with two attached hydrogens (primary N) is 1. The third kappa shape index (κ3) is 2.81. The molecule has 1 heterocycles. The van der Waals surface area contributed by atoms with Gasteiger partial charge in [-0.15, -0.1) is 0 Å². The van der Waals surface area contributed by atoms with Crippen molar-refractivity contribution in [3.8, 4) is 0 Å². The number of nitrogen functional groups attached to an aromatic ring is 1. The number of aryl methyl sites for hydroxylation is 1. The zero-order valence-corrected chi connectivity index (χ0v) is 10.6. The molecule has 0 atom stereocenters. The summed E-state index contributed by atoms with van der Waals surface area (Å²) in [7, 11) is 0. The highest BCUT2D eigenvalue weighted by Crippen LogP contribution is 2.23. The summed E-state index contributed by atoms with van der Waals surface area (Å²) >= 11 is 5.96. The van der Waals surface area contributed by atoms with Gasteiger partial charge in [-0.25, -0.2) is 4.98 Å². The normalized spacial score (nSPS) is 10.3. The van der Waals surface area contributed by atoms with Crippen molar-refractivity contribution < 1.29 is 4.79 Å². The van der Waals surface area contributed by atoms with Crippen LogP contribution >= 0.6 is 11.6 Å². The Hall–Kier alpha value is -2.01. The van der Waals surface area contributed by atoms with E-state index in [0.717, 1.165) is 5.82 Å². The Morgan fingerprint density at radius 2 is 2.33 bits per heavy atom. The van der Waals surface area contributed by atoms with Gasteiger partial charge in [0.15, 0.2) is 0 Å². The lowest BCUT2D eigenvalue weighted by Crippen LogP contribution is -2.19. The van der Waals surface area contributed by atoms with Gasteiger partial charge in [0.1, 0.15) is 12.4 Å². The molecular weight excluding hydrogens is 252 g/mol. The summed E-state index contributed by atoms with van der Waals surface area (Å²) in [6.45, 7) is 2.03. The molecule has 0 unspecified atom stereocenters. The van der Waals surface area contributed by atoms with Crippen LogP contribution in [0.1, 0.15) is 5.82 Å². The summed E-state index contributed by atoms with van der Waals surface area (Å²) in [6, 6.07) is 4.95. The van der Waals surface area contributed by atoms with Gasteiger partial charge in [0, 0.05) is 18.1 Å². The number of benzene rings is 1. The quantitative estimate of drug-likeness (QED) is 0.834. The SMILES string of the molecule is Cc1nccn1CC(=O)Nc1cc(N)ccc1Cl. The van der Waals surface area contributed by atoms with E-state index in [1.54, 1.807) is 35.2 Å². The molecule has 5 nitrogen and oxygen atoms in total. The van der Waals surface area contributed by atoms with E-state index in [0.29, 0.717) is 16.4 Å². The lowest BCUT2D eigenvalue weighted by molar-refractivity contribution is -0.116. The third-order valence-corrected chi connectivity index (χ3v) is 2.83. The number of carbonyl (C=O) groups excluding carboxylic acids is 1. The number of nitrogens with zero attached hydrogens (tertiary/aromatic N) is 2. The first kappa shape index (κ1) is 12.4. The Balaban J connectivity index is 2.08. The Morgan fingerprint density at radius 3 is 3.00 bits per heavy atom. The van der Waals surface area contributed by atoms with Gasteiger partial charge < -0.3 is 15.6 Å². The highest BCUT2D eigenvalue weighted by Gasteiger charge is 2.08. The molecule has 94 valence electrons. The first-order chi connectivity index (χ1) is 8.56. The van der Waals surface area contributed by atoms with Gasteiger partial charge in [0.05, 0.1) is 10.7 Å². The molecule has 0 spiro atoms. The van der Waals surface area contributed by atoms with Crippen LogP contribution < -0.4 is 11.1 Å².